The van der Waals surface area contributed by atoms with E-state index in [0.29, 0.717) is 17.2 Å². The van der Waals surface area contributed by atoms with Gasteiger partial charge in [0, 0.05) is 25.6 Å². The van der Waals surface area contributed by atoms with Crippen molar-refractivity contribution in [1.29, 1.82) is 0 Å². The first-order valence-electron chi connectivity index (χ1n) is 6.29. The minimum Gasteiger partial charge on any atom is -0.342 e. The number of amides is 1. The van der Waals surface area contributed by atoms with Crippen molar-refractivity contribution in [2.45, 2.75) is 32.1 Å². The molecule has 3 heteroatoms. The summed E-state index contributed by atoms with van der Waals surface area (Å²) in [5.74, 6) is 0.844. The van der Waals surface area contributed by atoms with Crippen molar-refractivity contribution in [2.24, 2.45) is 11.3 Å². The fraction of sp³-hybridized carbons (Fsp3) is 0.917. The molecule has 0 radical (unpaired) electrons. The van der Waals surface area contributed by atoms with Gasteiger partial charge in [0.1, 0.15) is 0 Å². The Morgan fingerprint density at radius 1 is 1.20 bits per heavy atom. The third-order valence-electron chi connectivity index (χ3n) is 4.39. The van der Waals surface area contributed by atoms with Crippen LogP contribution in [0.1, 0.15) is 32.1 Å². The summed E-state index contributed by atoms with van der Waals surface area (Å²) in [6.45, 7) is 4.38. The topological polar surface area (TPSA) is 32.3 Å². The van der Waals surface area contributed by atoms with Crippen LogP contribution in [-0.2, 0) is 4.79 Å². The lowest BCUT2D eigenvalue weighted by atomic mass is 9.78. The summed E-state index contributed by atoms with van der Waals surface area (Å²) in [5, 5.41) is 3.46. The molecule has 3 fully saturated rings. The van der Waals surface area contributed by atoms with Crippen LogP contribution in [0.3, 0.4) is 0 Å². The van der Waals surface area contributed by atoms with E-state index >= 15 is 0 Å². The van der Waals surface area contributed by atoms with Crippen molar-refractivity contribution in [3.63, 3.8) is 0 Å². The average Bonchev–Trinajstić information content (AvgIpc) is 3.02. The van der Waals surface area contributed by atoms with Crippen LogP contribution in [0.4, 0.5) is 0 Å². The van der Waals surface area contributed by atoms with Crippen LogP contribution in [-0.4, -0.2) is 37.0 Å². The zero-order valence-electron chi connectivity index (χ0n) is 9.30. The van der Waals surface area contributed by atoms with Crippen LogP contribution in [0, 0.1) is 11.3 Å². The molecule has 0 atom stereocenters. The lowest BCUT2D eigenvalue weighted by molar-refractivity contribution is -0.134. The maximum Gasteiger partial charge on any atom is 0.225 e. The molecule has 1 N–H and O–H groups in total. The molecular weight excluding hydrogens is 188 g/mol. The molecule has 1 saturated carbocycles. The minimum absolute atomic E-state index is 0.403. The number of hydrogen-bond acceptors (Lipinski definition) is 2. The van der Waals surface area contributed by atoms with Crippen molar-refractivity contribution in [3.8, 4) is 0 Å². The molecule has 0 aromatic rings. The van der Waals surface area contributed by atoms with Gasteiger partial charge in [0.05, 0.1) is 0 Å². The molecule has 0 aromatic heterocycles. The van der Waals surface area contributed by atoms with E-state index in [1.54, 1.807) is 0 Å². The van der Waals surface area contributed by atoms with Gasteiger partial charge in [0.2, 0.25) is 5.91 Å². The Kier molecular flexibility index (Phi) is 2.23. The maximum absolute atomic E-state index is 11.9. The van der Waals surface area contributed by atoms with Crippen LogP contribution in [0.25, 0.3) is 0 Å². The first kappa shape index (κ1) is 9.64. The van der Waals surface area contributed by atoms with Gasteiger partial charge >= 0.3 is 0 Å². The van der Waals surface area contributed by atoms with E-state index in [-0.39, 0.29) is 0 Å². The molecule has 3 nitrogen and oxygen atoms in total. The van der Waals surface area contributed by atoms with Crippen LogP contribution in [0.5, 0.6) is 0 Å². The molecule has 0 bridgehead atoms. The standard InChI is InChI=1S/C12H20N2O/c15-11(10-1-2-10)14-7-4-12(5-8-14)3-6-13-9-12/h10,13H,1-9H2. The van der Waals surface area contributed by atoms with Gasteiger partial charge in [-0.05, 0) is 44.1 Å². The Balaban J connectivity index is 1.57. The summed E-state index contributed by atoms with van der Waals surface area (Å²) in [6.07, 6.45) is 6.04. The zero-order valence-corrected chi connectivity index (χ0v) is 9.30. The van der Waals surface area contributed by atoms with Crippen LogP contribution >= 0.6 is 0 Å². The van der Waals surface area contributed by atoms with Gasteiger partial charge in [-0.2, -0.15) is 0 Å². The third kappa shape index (κ3) is 1.78. The predicted octanol–water partition coefficient (Wildman–Crippen LogP) is 0.998. The van der Waals surface area contributed by atoms with E-state index in [0.717, 1.165) is 25.9 Å². The summed E-state index contributed by atoms with van der Waals surface area (Å²) >= 11 is 0. The molecule has 0 aromatic carbocycles. The highest BCUT2D eigenvalue weighted by atomic mass is 16.2. The van der Waals surface area contributed by atoms with Crippen LogP contribution in [0.2, 0.25) is 0 Å². The number of nitrogens with zero attached hydrogens (tertiary/aromatic N) is 1. The lowest BCUT2D eigenvalue weighted by Crippen LogP contribution is -2.44. The Morgan fingerprint density at radius 3 is 2.47 bits per heavy atom. The van der Waals surface area contributed by atoms with E-state index in [4.69, 9.17) is 0 Å². The maximum atomic E-state index is 11.9. The summed E-state index contributed by atoms with van der Waals surface area (Å²) in [7, 11) is 0. The molecule has 1 amide bonds. The van der Waals surface area contributed by atoms with Crippen molar-refractivity contribution >= 4 is 5.91 Å². The fourth-order valence-corrected chi connectivity index (χ4v) is 3.01. The van der Waals surface area contributed by atoms with Crippen LogP contribution < -0.4 is 5.32 Å². The van der Waals surface area contributed by atoms with E-state index in [1.165, 1.54) is 32.4 Å². The predicted molar refractivity (Wildman–Crippen MR) is 58.5 cm³/mol. The Hall–Kier alpha value is -0.570. The van der Waals surface area contributed by atoms with Crippen molar-refractivity contribution in [1.82, 2.24) is 10.2 Å². The highest BCUT2D eigenvalue weighted by molar-refractivity contribution is 5.81. The number of carbonyl (C=O) groups excluding carboxylic acids is 1. The Labute approximate surface area is 91.2 Å². The van der Waals surface area contributed by atoms with E-state index < -0.39 is 0 Å². The SMILES string of the molecule is O=C(C1CC1)N1CCC2(CCNC2)CC1. The number of nitrogens with one attached hydrogen (secondary N) is 1. The normalized spacial score (nSPS) is 29.7. The van der Waals surface area contributed by atoms with E-state index in [2.05, 4.69) is 10.2 Å². The quantitative estimate of drug-likeness (QED) is 0.697. The van der Waals surface area contributed by atoms with Gasteiger partial charge in [0.15, 0.2) is 0 Å². The number of likely N-dealkylation sites (tertiary alicyclic amines) is 1. The van der Waals surface area contributed by atoms with Gasteiger partial charge in [-0.15, -0.1) is 0 Å². The number of rotatable bonds is 1. The molecule has 15 heavy (non-hydrogen) atoms. The fourth-order valence-electron chi connectivity index (χ4n) is 3.01. The molecular formula is C12H20N2O. The second-order valence-corrected chi connectivity index (χ2v) is 5.53. The van der Waals surface area contributed by atoms with E-state index in [9.17, 15) is 4.79 Å². The first-order valence-corrected chi connectivity index (χ1v) is 6.29. The zero-order chi connectivity index (χ0) is 10.3. The second kappa shape index (κ2) is 3.48. The summed E-state index contributed by atoms with van der Waals surface area (Å²) in [6, 6.07) is 0. The van der Waals surface area contributed by atoms with Gasteiger partial charge in [0.25, 0.3) is 0 Å². The lowest BCUT2D eigenvalue weighted by Gasteiger charge is -2.39. The Bertz CT molecular complexity index is 257. The highest BCUT2D eigenvalue weighted by Gasteiger charge is 2.40. The van der Waals surface area contributed by atoms with E-state index in [1.807, 2.05) is 0 Å². The minimum atomic E-state index is 0.403. The van der Waals surface area contributed by atoms with Gasteiger partial charge in [-0.1, -0.05) is 0 Å². The Morgan fingerprint density at radius 2 is 1.93 bits per heavy atom. The molecule has 84 valence electrons. The molecule has 2 heterocycles. The third-order valence-corrected chi connectivity index (χ3v) is 4.39. The van der Waals surface area contributed by atoms with Gasteiger partial charge in [-0.25, -0.2) is 0 Å². The molecule has 0 unspecified atom stereocenters. The van der Waals surface area contributed by atoms with Crippen LogP contribution in [0.15, 0.2) is 0 Å². The van der Waals surface area contributed by atoms with Gasteiger partial charge < -0.3 is 10.2 Å². The highest BCUT2D eigenvalue weighted by Crippen LogP contribution is 2.39. The molecule has 1 spiro atoms. The largest absolute Gasteiger partial charge is 0.342 e. The molecule has 3 rings (SSSR count). The average molecular weight is 208 g/mol. The molecule has 2 saturated heterocycles. The summed E-state index contributed by atoms with van der Waals surface area (Å²) < 4.78 is 0. The van der Waals surface area contributed by atoms with Crippen molar-refractivity contribution < 1.29 is 4.79 Å². The van der Waals surface area contributed by atoms with Crippen molar-refractivity contribution in [3.05, 3.63) is 0 Å². The van der Waals surface area contributed by atoms with Crippen molar-refractivity contribution in [2.75, 3.05) is 26.2 Å². The molecule has 1 aliphatic carbocycles. The summed E-state index contributed by atoms with van der Waals surface area (Å²) in [5.41, 5.74) is 0.542. The number of carbonyl (C=O) groups is 1. The number of piperidine rings is 1. The summed E-state index contributed by atoms with van der Waals surface area (Å²) in [4.78, 5) is 14.0. The van der Waals surface area contributed by atoms with Gasteiger partial charge in [-0.3, -0.25) is 4.79 Å². The second-order valence-electron chi connectivity index (χ2n) is 5.53. The number of hydrogen-bond donors (Lipinski definition) is 1. The monoisotopic (exact) mass is 208 g/mol. The first-order chi connectivity index (χ1) is 7.29. The smallest absolute Gasteiger partial charge is 0.225 e. The molecule has 2 aliphatic heterocycles. The molecule has 3 aliphatic rings.